The molecule has 0 radical (unpaired) electrons. The number of nitrogens with zero attached hydrogens (tertiary/aromatic N) is 2. The Morgan fingerprint density at radius 1 is 1.27 bits per heavy atom. The van der Waals surface area contributed by atoms with Gasteiger partial charge in [0.1, 0.15) is 11.7 Å². The van der Waals surface area contributed by atoms with Crippen LogP contribution in [-0.2, 0) is 22.6 Å². The van der Waals surface area contributed by atoms with Crippen molar-refractivity contribution in [2.24, 2.45) is 5.10 Å². The van der Waals surface area contributed by atoms with Crippen molar-refractivity contribution >= 4 is 24.2 Å². The maximum absolute atomic E-state index is 12.5. The minimum atomic E-state index is -0.487. The first-order valence-electron chi connectivity index (χ1n) is 8.58. The first-order valence-corrected chi connectivity index (χ1v) is 8.96. The van der Waals surface area contributed by atoms with Crippen LogP contribution in [0.3, 0.4) is 0 Å². The molecule has 1 aromatic rings. The number of rotatable bonds is 9. The number of hydrogen-bond donors (Lipinski definition) is 0. The molecule has 1 amide bonds. The maximum Gasteiger partial charge on any atom is 0.285 e. The molecule has 26 heavy (non-hydrogen) atoms. The molecular formula is C20H28ClFN2O2. The molecule has 0 N–H and O–H groups in total. The van der Waals surface area contributed by atoms with Crippen LogP contribution >= 0.6 is 11.6 Å². The highest BCUT2D eigenvalue weighted by Crippen LogP contribution is 2.23. The third kappa shape index (κ3) is 6.89. The summed E-state index contributed by atoms with van der Waals surface area (Å²) in [6.45, 7) is 11.0. The number of hydrazone groups is 1. The first kappa shape index (κ1) is 22.3. The lowest BCUT2D eigenvalue weighted by molar-refractivity contribution is -0.131. The molecule has 1 aromatic carbocycles. The number of ether oxygens (including phenoxy) is 1. The molecule has 6 heteroatoms. The van der Waals surface area contributed by atoms with Gasteiger partial charge in [0.25, 0.3) is 5.91 Å². The molecule has 0 unspecified atom stereocenters. The van der Waals surface area contributed by atoms with Crippen molar-refractivity contribution in [2.75, 3.05) is 13.3 Å². The molecule has 0 spiro atoms. The predicted octanol–water partition coefficient (Wildman–Crippen LogP) is 4.86. The SMILES string of the molecule is C=NN(C(=O)/C(Cl)=C(\C)CCc1ccc(COCCF)cc1)C(C)(C)C. The molecule has 0 bridgehead atoms. The fraction of sp³-hybridized carbons (Fsp3) is 0.500. The van der Waals surface area contributed by atoms with Crippen LogP contribution in [0.15, 0.2) is 40.0 Å². The zero-order valence-electron chi connectivity index (χ0n) is 16.0. The van der Waals surface area contributed by atoms with E-state index in [4.69, 9.17) is 16.3 Å². The second-order valence-corrected chi connectivity index (χ2v) is 7.46. The zero-order chi connectivity index (χ0) is 19.7. The molecule has 0 aliphatic rings. The Morgan fingerprint density at radius 3 is 2.35 bits per heavy atom. The Labute approximate surface area is 160 Å². The van der Waals surface area contributed by atoms with E-state index in [9.17, 15) is 9.18 Å². The summed E-state index contributed by atoms with van der Waals surface area (Å²) in [6.07, 6.45) is 1.43. The van der Waals surface area contributed by atoms with Crippen LogP contribution in [0.25, 0.3) is 0 Å². The molecule has 0 aromatic heterocycles. The smallest absolute Gasteiger partial charge is 0.285 e. The maximum atomic E-state index is 12.5. The van der Waals surface area contributed by atoms with Gasteiger partial charge < -0.3 is 4.74 Å². The molecule has 1 rings (SSSR count). The molecule has 0 heterocycles. The highest BCUT2D eigenvalue weighted by Gasteiger charge is 2.28. The largest absolute Gasteiger partial charge is 0.374 e. The van der Waals surface area contributed by atoms with Gasteiger partial charge in [-0.2, -0.15) is 5.10 Å². The molecule has 0 aliphatic carbocycles. The van der Waals surface area contributed by atoms with E-state index in [1.807, 2.05) is 52.0 Å². The Kier molecular flexibility index (Phi) is 8.96. The summed E-state index contributed by atoms with van der Waals surface area (Å²) in [5, 5.41) is 5.28. The molecule has 144 valence electrons. The lowest BCUT2D eigenvalue weighted by Crippen LogP contribution is -2.41. The quantitative estimate of drug-likeness (QED) is 0.265. The zero-order valence-corrected chi connectivity index (χ0v) is 16.8. The highest BCUT2D eigenvalue weighted by atomic mass is 35.5. The van der Waals surface area contributed by atoms with Crippen molar-refractivity contribution in [3.8, 4) is 0 Å². The van der Waals surface area contributed by atoms with E-state index < -0.39 is 12.2 Å². The Balaban J connectivity index is 2.68. The van der Waals surface area contributed by atoms with E-state index in [0.29, 0.717) is 13.0 Å². The van der Waals surface area contributed by atoms with Crippen molar-refractivity contribution in [3.05, 3.63) is 46.0 Å². The molecule has 4 nitrogen and oxygen atoms in total. The van der Waals surface area contributed by atoms with E-state index >= 15 is 0 Å². The van der Waals surface area contributed by atoms with Crippen LogP contribution in [0.2, 0.25) is 0 Å². The third-order valence-electron chi connectivity index (χ3n) is 3.83. The second-order valence-electron chi connectivity index (χ2n) is 7.08. The van der Waals surface area contributed by atoms with Crippen LogP contribution in [-0.4, -0.2) is 36.5 Å². The molecular weight excluding hydrogens is 355 g/mol. The summed E-state index contributed by atoms with van der Waals surface area (Å²) < 4.78 is 17.2. The number of hydrogen-bond acceptors (Lipinski definition) is 3. The van der Waals surface area contributed by atoms with Crippen LogP contribution in [0.5, 0.6) is 0 Å². The number of halogens is 2. The van der Waals surface area contributed by atoms with E-state index in [2.05, 4.69) is 11.8 Å². The van der Waals surface area contributed by atoms with Gasteiger partial charge in [-0.05, 0) is 57.2 Å². The normalized spacial score (nSPS) is 12.5. The highest BCUT2D eigenvalue weighted by molar-refractivity contribution is 6.42. The van der Waals surface area contributed by atoms with Crippen molar-refractivity contribution in [1.82, 2.24) is 5.01 Å². The van der Waals surface area contributed by atoms with Crippen molar-refractivity contribution in [3.63, 3.8) is 0 Å². The van der Waals surface area contributed by atoms with E-state index in [-0.39, 0.29) is 17.5 Å². The van der Waals surface area contributed by atoms with Gasteiger partial charge in [0, 0.05) is 6.72 Å². The van der Waals surface area contributed by atoms with Crippen molar-refractivity contribution < 1.29 is 13.9 Å². The van der Waals surface area contributed by atoms with E-state index in [0.717, 1.165) is 23.1 Å². The lowest BCUT2D eigenvalue weighted by Gasteiger charge is -2.30. The molecule has 0 saturated carbocycles. The van der Waals surface area contributed by atoms with Gasteiger partial charge in [0.15, 0.2) is 0 Å². The van der Waals surface area contributed by atoms with Crippen LogP contribution in [0.1, 0.15) is 45.2 Å². The van der Waals surface area contributed by atoms with Crippen LogP contribution in [0.4, 0.5) is 4.39 Å². The first-order chi connectivity index (χ1) is 12.2. The average Bonchev–Trinajstić information content (AvgIpc) is 2.59. The molecule has 0 atom stereocenters. The van der Waals surface area contributed by atoms with Gasteiger partial charge >= 0.3 is 0 Å². The fourth-order valence-corrected chi connectivity index (χ4v) is 2.52. The number of aryl methyl sites for hydroxylation is 1. The van der Waals surface area contributed by atoms with Gasteiger partial charge in [0.2, 0.25) is 0 Å². The lowest BCUT2D eigenvalue weighted by atomic mass is 10.0. The van der Waals surface area contributed by atoms with E-state index in [1.165, 1.54) is 5.01 Å². The molecule has 0 saturated heterocycles. The average molecular weight is 383 g/mol. The topological polar surface area (TPSA) is 41.9 Å². The summed E-state index contributed by atoms with van der Waals surface area (Å²) >= 11 is 6.28. The Bertz CT molecular complexity index is 636. The van der Waals surface area contributed by atoms with Crippen molar-refractivity contribution in [2.45, 2.75) is 52.7 Å². The Morgan fingerprint density at radius 2 is 1.85 bits per heavy atom. The monoisotopic (exact) mass is 382 g/mol. The summed E-state index contributed by atoms with van der Waals surface area (Å²) in [6, 6.07) is 7.93. The minimum Gasteiger partial charge on any atom is -0.374 e. The fourth-order valence-electron chi connectivity index (χ4n) is 2.34. The Hall–Kier alpha value is -1.72. The van der Waals surface area contributed by atoms with E-state index in [1.54, 1.807) is 0 Å². The standard InChI is InChI=1S/C20H28ClFN2O2/c1-15(18(21)19(25)24(23-5)20(2,3)4)6-7-16-8-10-17(11-9-16)14-26-13-12-22/h8-11H,5-7,12-14H2,1-4H3/b18-15-. The minimum absolute atomic E-state index is 0.115. The van der Waals surface area contributed by atoms with Crippen LogP contribution < -0.4 is 0 Å². The molecule has 0 fully saturated rings. The third-order valence-corrected chi connectivity index (χ3v) is 4.32. The number of carbonyl (C=O) groups is 1. The number of amides is 1. The summed E-state index contributed by atoms with van der Waals surface area (Å²) in [7, 11) is 0. The number of benzene rings is 1. The van der Waals surface area contributed by atoms with Gasteiger partial charge in [-0.1, -0.05) is 35.9 Å². The van der Waals surface area contributed by atoms with Gasteiger partial charge in [-0.3, -0.25) is 4.79 Å². The van der Waals surface area contributed by atoms with Crippen LogP contribution in [0, 0.1) is 0 Å². The number of allylic oxidation sites excluding steroid dienone is 1. The predicted molar refractivity (Wildman–Crippen MR) is 105 cm³/mol. The number of carbonyl (C=O) groups excluding carboxylic acids is 1. The summed E-state index contributed by atoms with van der Waals surface area (Å²) in [5.74, 6) is -0.341. The summed E-state index contributed by atoms with van der Waals surface area (Å²) in [4.78, 5) is 12.5. The summed E-state index contributed by atoms with van der Waals surface area (Å²) in [5.41, 5.74) is 2.45. The molecule has 0 aliphatic heterocycles. The van der Waals surface area contributed by atoms with Crippen molar-refractivity contribution in [1.29, 1.82) is 0 Å². The number of alkyl halides is 1. The van der Waals surface area contributed by atoms with Gasteiger partial charge in [-0.15, -0.1) is 0 Å². The van der Waals surface area contributed by atoms with Gasteiger partial charge in [-0.25, -0.2) is 9.40 Å². The second kappa shape index (κ2) is 10.4. The van der Waals surface area contributed by atoms with Gasteiger partial charge in [0.05, 0.1) is 18.8 Å².